The van der Waals surface area contributed by atoms with E-state index >= 15 is 0 Å². The quantitative estimate of drug-likeness (QED) is 0.456. The van der Waals surface area contributed by atoms with E-state index in [1.807, 2.05) is 30.3 Å². The lowest BCUT2D eigenvalue weighted by molar-refractivity contribution is 0.0526. The minimum atomic E-state index is -0.308. The highest BCUT2D eigenvalue weighted by Gasteiger charge is 2.23. The molecule has 3 aromatic carbocycles. The molecule has 4 rings (SSSR count). The van der Waals surface area contributed by atoms with Crippen molar-refractivity contribution < 1.29 is 9.53 Å². The molecular weight excluding hydrogens is 393 g/mol. The van der Waals surface area contributed by atoms with Gasteiger partial charge in [-0.1, -0.05) is 53.5 Å². The van der Waals surface area contributed by atoms with Crippen LogP contribution in [0.2, 0.25) is 10.0 Å². The number of benzene rings is 3. The third-order valence-corrected chi connectivity index (χ3v) is 5.72. The number of carbonyl (C=O) groups is 1. The summed E-state index contributed by atoms with van der Waals surface area (Å²) in [6.45, 7) is 3.01. The van der Waals surface area contributed by atoms with Crippen molar-refractivity contribution in [2.75, 3.05) is 18.1 Å². The van der Waals surface area contributed by atoms with Crippen LogP contribution in [0.3, 0.4) is 0 Å². The van der Waals surface area contributed by atoms with E-state index in [2.05, 4.69) is 23.1 Å². The van der Waals surface area contributed by atoms with Gasteiger partial charge in [0.05, 0.1) is 27.9 Å². The lowest BCUT2D eigenvalue weighted by atomic mass is 10.0. The molecule has 0 bridgehead atoms. The Morgan fingerprint density at radius 3 is 2.61 bits per heavy atom. The molecule has 1 heterocycles. The number of hydrogen-bond acceptors (Lipinski definition) is 3. The first-order chi connectivity index (χ1) is 13.6. The molecule has 0 N–H and O–H groups in total. The van der Waals surface area contributed by atoms with Gasteiger partial charge in [0.15, 0.2) is 0 Å². The molecular formula is C23H19Cl2NO2. The molecule has 0 saturated heterocycles. The average Bonchev–Trinajstić information content (AvgIpc) is 3.13. The first kappa shape index (κ1) is 18.9. The average molecular weight is 412 g/mol. The number of anilines is 2. The zero-order valence-corrected chi connectivity index (χ0v) is 16.9. The van der Waals surface area contributed by atoms with Gasteiger partial charge in [0, 0.05) is 12.2 Å². The van der Waals surface area contributed by atoms with Crippen molar-refractivity contribution in [1.29, 1.82) is 0 Å². The highest BCUT2D eigenvalue weighted by atomic mass is 35.5. The van der Waals surface area contributed by atoms with E-state index < -0.39 is 0 Å². The lowest BCUT2D eigenvalue weighted by Gasteiger charge is -2.22. The Kier molecular flexibility index (Phi) is 5.29. The second-order valence-electron chi connectivity index (χ2n) is 6.62. The van der Waals surface area contributed by atoms with Gasteiger partial charge >= 0.3 is 5.97 Å². The summed E-state index contributed by atoms with van der Waals surface area (Å²) in [5.41, 5.74) is 5.84. The number of ether oxygens (including phenoxy) is 1. The number of carbonyl (C=O) groups excluding carboxylic acids is 1. The molecule has 0 radical (unpaired) electrons. The van der Waals surface area contributed by atoms with Crippen LogP contribution < -0.4 is 4.90 Å². The molecule has 0 saturated carbocycles. The van der Waals surface area contributed by atoms with Crippen molar-refractivity contribution in [3.8, 4) is 11.1 Å². The molecule has 0 aliphatic carbocycles. The summed E-state index contributed by atoms with van der Waals surface area (Å²) in [5.74, 6) is -0.308. The molecule has 28 heavy (non-hydrogen) atoms. The van der Waals surface area contributed by atoms with Gasteiger partial charge in [0.25, 0.3) is 0 Å². The van der Waals surface area contributed by atoms with Crippen LogP contribution in [0.5, 0.6) is 0 Å². The monoisotopic (exact) mass is 411 g/mol. The number of fused-ring (bicyclic) bond motifs is 1. The summed E-state index contributed by atoms with van der Waals surface area (Å²) in [6.07, 6.45) is 0.946. The van der Waals surface area contributed by atoms with Crippen molar-refractivity contribution in [2.45, 2.75) is 13.3 Å². The molecule has 0 fully saturated rings. The smallest absolute Gasteiger partial charge is 0.338 e. The molecule has 1 aliphatic rings. The van der Waals surface area contributed by atoms with Gasteiger partial charge in [-0.2, -0.15) is 0 Å². The Labute approximate surface area is 174 Å². The fourth-order valence-corrected chi connectivity index (χ4v) is 3.95. The van der Waals surface area contributed by atoms with E-state index in [1.165, 1.54) is 5.56 Å². The van der Waals surface area contributed by atoms with Crippen LogP contribution in [0.4, 0.5) is 11.4 Å². The van der Waals surface area contributed by atoms with Crippen LogP contribution in [0.15, 0.2) is 60.7 Å². The molecule has 5 heteroatoms. The van der Waals surface area contributed by atoms with Crippen LogP contribution in [-0.4, -0.2) is 19.1 Å². The molecule has 0 amide bonds. The van der Waals surface area contributed by atoms with E-state index in [9.17, 15) is 4.79 Å². The number of nitrogens with zero attached hydrogens (tertiary/aromatic N) is 1. The summed E-state index contributed by atoms with van der Waals surface area (Å²) < 4.78 is 5.12. The zero-order valence-electron chi connectivity index (χ0n) is 15.4. The maximum Gasteiger partial charge on any atom is 0.338 e. The Hall–Kier alpha value is -2.49. The largest absolute Gasteiger partial charge is 0.462 e. The van der Waals surface area contributed by atoms with Gasteiger partial charge in [0.1, 0.15) is 0 Å². The van der Waals surface area contributed by atoms with Gasteiger partial charge in [0.2, 0.25) is 0 Å². The first-order valence-corrected chi connectivity index (χ1v) is 9.96. The number of esters is 1. The highest BCUT2D eigenvalue weighted by Crippen LogP contribution is 2.42. The SMILES string of the molecule is CCOC(=O)c1cccc(-c2ccc3c(c2)N(c2cccc(Cl)c2Cl)CC3)c1. The van der Waals surface area contributed by atoms with Crippen LogP contribution >= 0.6 is 23.2 Å². The van der Waals surface area contributed by atoms with E-state index in [-0.39, 0.29) is 5.97 Å². The van der Waals surface area contributed by atoms with Crippen molar-refractivity contribution in [3.63, 3.8) is 0 Å². The van der Waals surface area contributed by atoms with Gasteiger partial charge in [-0.05, 0) is 60.4 Å². The zero-order chi connectivity index (χ0) is 19.7. The Balaban J connectivity index is 1.73. The second kappa shape index (κ2) is 7.86. The van der Waals surface area contributed by atoms with E-state index in [0.29, 0.717) is 22.2 Å². The van der Waals surface area contributed by atoms with Gasteiger partial charge < -0.3 is 9.64 Å². The molecule has 3 nitrogen and oxygen atoms in total. The van der Waals surface area contributed by atoms with Crippen molar-refractivity contribution in [2.24, 2.45) is 0 Å². The Bertz CT molecular complexity index is 1050. The van der Waals surface area contributed by atoms with Crippen molar-refractivity contribution in [3.05, 3.63) is 81.8 Å². The topological polar surface area (TPSA) is 29.5 Å². The van der Waals surface area contributed by atoms with E-state index in [0.717, 1.165) is 35.5 Å². The maximum absolute atomic E-state index is 12.1. The van der Waals surface area contributed by atoms with Crippen LogP contribution in [0.1, 0.15) is 22.8 Å². The Morgan fingerprint density at radius 1 is 1.00 bits per heavy atom. The summed E-state index contributed by atoms with van der Waals surface area (Å²) in [5, 5.41) is 1.11. The third kappa shape index (κ3) is 3.48. The van der Waals surface area contributed by atoms with Crippen molar-refractivity contribution in [1.82, 2.24) is 0 Å². The van der Waals surface area contributed by atoms with Crippen molar-refractivity contribution >= 4 is 40.5 Å². The van der Waals surface area contributed by atoms with E-state index in [4.69, 9.17) is 27.9 Å². The minimum absolute atomic E-state index is 0.308. The van der Waals surface area contributed by atoms with Gasteiger partial charge in [-0.3, -0.25) is 0 Å². The van der Waals surface area contributed by atoms with Gasteiger partial charge in [-0.25, -0.2) is 4.79 Å². The lowest BCUT2D eigenvalue weighted by Crippen LogP contribution is -2.13. The van der Waals surface area contributed by atoms with Gasteiger partial charge in [-0.15, -0.1) is 0 Å². The first-order valence-electron chi connectivity index (χ1n) is 9.20. The standard InChI is InChI=1S/C23H19Cl2NO2/c1-2-28-23(27)18-6-3-5-16(13-18)17-10-9-15-11-12-26(21(15)14-17)20-8-4-7-19(24)22(20)25/h3-10,13-14H,2,11-12H2,1H3. The fourth-order valence-electron chi connectivity index (χ4n) is 3.55. The summed E-state index contributed by atoms with van der Waals surface area (Å²) in [7, 11) is 0. The molecule has 1 aliphatic heterocycles. The van der Waals surface area contributed by atoms with Crippen LogP contribution in [-0.2, 0) is 11.2 Å². The highest BCUT2D eigenvalue weighted by molar-refractivity contribution is 6.43. The number of hydrogen-bond donors (Lipinski definition) is 0. The van der Waals surface area contributed by atoms with Crippen LogP contribution in [0.25, 0.3) is 11.1 Å². The fraction of sp³-hybridized carbons (Fsp3) is 0.174. The van der Waals surface area contributed by atoms with E-state index in [1.54, 1.807) is 19.1 Å². The second-order valence-corrected chi connectivity index (χ2v) is 7.40. The molecule has 0 spiro atoms. The summed E-state index contributed by atoms with van der Waals surface area (Å²) in [4.78, 5) is 14.3. The molecule has 0 unspecified atom stereocenters. The number of halogens is 2. The predicted molar refractivity (Wildman–Crippen MR) is 115 cm³/mol. The Morgan fingerprint density at radius 2 is 1.79 bits per heavy atom. The third-order valence-electron chi connectivity index (χ3n) is 4.91. The normalized spacial score (nSPS) is 12.8. The minimum Gasteiger partial charge on any atom is -0.462 e. The maximum atomic E-state index is 12.1. The number of rotatable bonds is 4. The van der Waals surface area contributed by atoms with Crippen LogP contribution in [0, 0.1) is 0 Å². The molecule has 0 aromatic heterocycles. The molecule has 0 atom stereocenters. The summed E-state index contributed by atoms with van der Waals surface area (Å²) >= 11 is 12.7. The predicted octanol–water partition coefficient (Wildman–Crippen LogP) is 6.53. The molecule has 3 aromatic rings. The summed E-state index contributed by atoms with van der Waals surface area (Å²) in [6, 6.07) is 19.6. The molecule has 142 valence electrons.